The van der Waals surface area contributed by atoms with Crippen molar-refractivity contribution >= 4 is 5.69 Å². The summed E-state index contributed by atoms with van der Waals surface area (Å²) in [5, 5.41) is 0. The summed E-state index contributed by atoms with van der Waals surface area (Å²) in [6, 6.07) is 9.19. The van der Waals surface area contributed by atoms with Crippen LogP contribution in [-0.4, -0.2) is 0 Å². The Balaban J connectivity index is 2.74. The van der Waals surface area contributed by atoms with Crippen LogP contribution in [0.25, 0.3) is 11.1 Å². The molecule has 0 spiro atoms. The van der Waals surface area contributed by atoms with Gasteiger partial charge in [0.2, 0.25) is 0 Å². The smallest absolute Gasteiger partial charge is 0.131 e. The molecule has 2 rings (SSSR count). The second-order valence-corrected chi connectivity index (χ2v) is 5.09. The van der Waals surface area contributed by atoms with Crippen molar-refractivity contribution in [2.45, 2.75) is 40.0 Å². The molecule has 0 saturated heterocycles. The Morgan fingerprint density at radius 3 is 2.00 bits per heavy atom. The highest BCUT2D eigenvalue weighted by molar-refractivity contribution is 5.75. The topological polar surface area (TPSA) is 26.0 Å². The second-order valence-electron chi connectivity index (χ2n) is 5.09. The fraction of sp³-hybridized carbons (Fsp3) is 0.333. The molecular weight excluding hydrogens is 249 g/mol. The first-order chi connectivity index (χ1) is 9.60. The number of benzene rings is 2. The van der Waals surface area contributed by atoms with Crippen LogP contribution < -0.4 is 5.73 Å². The number of nitrogen functional groups attached to an aromatic ring is 1. The van der Waals surface area contributed by atoms with Gasteiger partial charge in [-0.05, 0) is 59.7 Å². The van der Waals surface area contributed by atoms with Crippen LogP contribution in [0.1, 0.15) is 37.5 Å². The molecule has 0 bridgehead atoms. The number of hydrogen-bond acceptors (Lipinski definition) is 1. The van der Waals surface area contributed by atoms with Crippen LogP contribution in [-0.2, 0) is 19.3 Å². The van der Waals surface area contributed by atoms with Crippen molar-refractivity contribution < 1.29 is 4.39 Å². The minimum Gasteiger partial charge on any atom is -0.399 e. The van der Waals surface area contributed by atoms with Gasteiger partial charge in [-0.25, -0.2) is 4.39 Å². The molecule has 2 aromatic rings. The summed E-state index contributed by atoms with van der Waals surface area (Å²) in [5.41, 5.74) is 11.8. The van der Waals surface area contributed by atoms with E-state index >= 15 is 0 Å². The van der Waals surface area contributed by atoms with Crippen molar-refractivity contribution in [2.75, 3.05) is 5.73 Å². The largest absolute Gasteiger partial charge is 0.399 e. The maximum atomic E-state index is 14.2. The van der Waals surface area contributed by atoms with E-state index in [1.807, 2.05) is 0 Å². The van der Waals surface area contributed by atoms with Gasteiger partial charge in [0.25, 0.3) is 0 Å². The molecular formula is C18H22FN. The van der Waals surface area contributed by atoms with Crippen molar-refractivity contribution in [2.24, 2.45) is 0 Å². The standard InChI is InChI=1S/C18H22FN/c1-4-12-9-13(5-2)18(14(6-3)10-12)16-11-15(20)7-8-17(16)19/h7-11H,4-6,20H2,1-3H3. The maximum absolute atomic E-state index is 14.2. The van der Waals surface area contributed by atoms with Crippen LogP contribution in [0, 0.1) is 5.82 Å². The van der Waals surface area contributed by atoms with Gasteiger partial charge in [0.1, 0.15) is 5.82 Å². The van der Waals surface area contributed by atoms with E-state index < -0.39 is 0 Å². The van der Waals surface area contributed by atoms with Crippen molar-refractivity contribution in [3.8, 4) is 11.1 Å². The number of nitrogens with two attached hydrogens (primary N) is 1. The van der Waals surface area contributed by atoms with Gasteiger partial charge in [-0.2, -0.15) is 0 Å². The molecule has 0 unspecified atom stereocenters. The van der Waals surface area contributed by atoms with E-state index in [0.717, 1.165) is 24.8 Å². The van der Waals surface area contributed by atoms with Crippen LogP contribution >= 0.6 is 0 Å². The van der Waals surface area contributed by atoms with E-state index in [1.54, 1.807) is 12.1 Å². The quantitative estimate of drug-likeness (QED) is 0.797. The van der Waals surface area contributed by atoms with Crippen molar-refractivity contribution in [3.05, 3.63) is 52.8 Å². The van der Waals surface area contributed by atoms with Gasteiger partial charge in [0.05, 0.1) is 0 Å². The second kappa shape index (κ2) is 6.08. The van der Waals surface area contributed by atoms with Crippen molar-refractivity contribution in [1.29, 1.82) is 0 Å². The van der Waals surface area contributed by atoms with E-state index in [0.29, 0.717) is 11.3 Å². The lowest BCUT2D eigenvalue weighted by Crippen LogP contribution is -2.00. The SMILES string of the molecule is CCc1cc(CC)c(-c2cc(N)ccc2F)c(CC)c1. The number of halogens is 1. The van der Waals surface area contributed by atoms with Gasteiger partial charge < -0.3 is 5.73 Å². The fourth-order valence-electron chi connectivity index (χ4n) is 2.68. The molecule has 0 aliphatic rings. The predicted molar refractivity (Wildman–Crippen MR) is 84.4 cm³/mol. The summed E-state index contributed by atoms with van der Waals surface area (Å²) in [6.45, 7) is 6.37. The van der Waals surface area contributed by atoms with E-state index in [9.17, 15) is 4.39 Å². The van der Waals surface area contributed by atoms with E-state index in [-0.39, 0.29) is 5.82 Å². The minimum absolute atomic E-state index is 0.201. The fourth-order valence-corrected chi connectivity index (χ4v) is 2.68. The molecule has 0 atom stereocenters. The summed E-state index contributed by atoms with van der Waals surface area (Å²) >= 11 is 0. The Morgan fingerprint density at radius 2 is 1.50 bits per heavy atom. The summed E-state index contributed by atoms with van der Waals surface area (Å²) < 4.78 is 14.2. The van der Waals surface area contributed by atoms with Gasteiger partial charge in [-0.15, -0.1) is 0 Å². The third kappa shape index (κ3) is 2.69. The number of aryl methyl sites for hydroxylation is 3. The first-order valence-corrected chi connectivity index (χ1v) is 7.30. The summed E-state index contributed by atoms with van der Waals surface area (Å²) in [7, 11) is 0. The normalized spacial score (nSPS) is 10.8. The zero-order valence-electron chi connectivity index (χ0n) is 12.5. The van der Waals surface area contributed by atoms with Gasteiger partial charge in [-0.1, -0.05) is 32.9 Å². The molecule has 2 N–H and O–H groups in total. The molecule has 0 aromatic heterocycles. The lowest BCUT2D eigenvalue weighted by molar-refractivity contribution is 0.631. The Labute approximate surface area is 120 Å². The lowest BCUT2D eigenvalue weighted by Gasteiger charge is -2.17. The molecule has 0 amide bonds. The average Bonchev–Trinajstić information content (AvgIpc) is 2.48. The molecule has 0 fully saturated rings. The Kier molecular flexibility index (Phi) is 4.43. The van der Waals surface area contributed by atoms with Crippen LogP contribution in [0.3, 0.4) is 0 Å². The summed E-state index contributed by atoms with van der Waals surface area (Å²) in [4.78, 5) is 0. The van der Waals surface area contributed by atoms with Crippen LogP contribution in [0.4, 0.5) is 10.1 Å². The predicted octanol–water partition coefficient (Wildman–Crippen LogP) is 4.76. The third-order valence-corrected chi connectivity index (χ3v) is 3.79. The van der Waals surface area contributed by atoms with Crippen LogP contribution in [0.2, 0.25) is 0 Å². The molecule has 0 aliphatic heterocycles. The third-order valence-electron chi connectivity index (χ3n) is 3.79. The first-order valence-electron chi connectivity index (χ1n) is 7.30. The highest BCUT2D eigenvalue weighted by atomic mass is 19.1. The Morgan fingerprint density at radius 1 is 0.900 bits per heavy atom. The van der Waals surface area contributed by atoms with Crippen LogP contribution in [0.5, 0.6) is 0 Å². The highest BCUT2D eigenvalue weighted by Gasteiger charge is 2.14. The van der Waals surface area contributed by atoms with Gasteiger partial charge in [-0.3, -0.25) is 0 Å². The van der Waals surface area contributed by atoms with Gasteiger partial charge in [0, 0.05) is 11.3 Å². The van der Waals surface area contributed by atoms with E-state index in [2.05, 4.69) is 32.9 Å². The Bertz CT molecular complexity index is 592. The molecule has 20 heavy (non-hydrogen) atoms. The zero-order chi connectivity index (χ0) is 14.7. The number of rotatable bonds is 4. The molecule has 2 heteroatoms. The minimum atomic E-state index is -0.201. The van der Waals surface area contributed by atoms with Crippen molar-refractivity contribution in [1.82, 2.24) is 0 Å². The lowest BCUT2D eigenvalue weighted by atomic mass is 9.89. The van der Waals surface area contributed by atoms with E-state index in [4.69, 9.17) is 5.73 Å². The average molecular weight is 271 g/mol. The first kappa shape index (κ1) is 14.6. The Hall–Kier alpha value is -1.83. The molecule has 0 saturated carbocycles. The monoisotopic (exact) mass is 271 g/mol. The molecule has 0 heterocycles. The molecule has 2 aromatic carbocycles. The number of anilines is 1. The molecule has 106 valence electrons. The molecule has 1 nitrogen and oxygen atoms in total. The zero-order valence-corrected chi connectivity index (χ0v) is 12.5. The summed E-state index contributed by atoms with van der Waals surface area (Å²) in [6.07, 6.45) is 2.79. The molecule has 0 radical (unpaired) electrons. The van der Waals surface area contributed by atoms with Gasteiger partial charge >= 0.3 is 0 Å². The maximum Gasteiger partial charge on any atom is 0.131 e. The van der Waals surface area contributed by atoms with Crippen molar-refractivity contribution in [3.63, 3.8) is 0 Å². The molecule has 0 aliphatic carbocycles. The van der Waals surface area contributed by atoms with E-state index in [1.165, 1.54) is 22.8 Å². The highest BCUT2D eigenvalue weighted by Crippen LogP contribution is 2.33. The van der Waals surface area contributed by atoms with Crippen LogP contribution in [0.15, 0.2) is 30.3 Å². The van der Waals surface area contributed by atoms with Gasteiger partial charge in [0.15, 0.2) is 0 Å². The summed E-state index contributed by atoms with van der Waals surface area (Å²) in [5.74, 6) is -0.201. The number of hydrogen-bond donors (Lipinski definition) is 1.